The van der Waals surface area contributed by atoms with Gasteiger partial charge in [-0.05, 0) is 12.1 Å². The summed E-state index contributed by atoms with van der Waals surface area (Å²) in [6.07, 6.45) is 0. The maximum absolute atomic E-state index is 11.3. The second kappa shape index (κ2) is 4.18. The third kappa shape index (κ3) is 2.39. The average molecular weight is 242 g/mol. The number of carbonyl (C=O) groups excluding carboxylic acids is 2. The lowest BCUT2D eigenvalue weighted by Gasteiger charge is -1.99. The molecule has 0 bridgehead atoms. The highest BCUT2D eigenvalue weighted by Crippen LogP contribution is 2.11. The highest BCUT2D eigenvalue weighted by Gasteiger charge is 2.13. The topological polar surface area (TPSA) is 46.2 Å². The van der Waals surface area contributed by atoms with Gasteiger partial charge in [0, 0.05) is 17.1 Å². The van der Waals surface area contributed by atoms with E-state index in [0.29, 0.717) is 5.56 Å². The van der Waals surface area contributed by atoms with E-state index < -0.39 is 11.7 Å². The summed E-state index contributed by atoms with van der Waals surface area (Å²) in [5, 5.41) is 2.28. The Hall–Kier alpha value is -1.16. The Labute approximate surface area is 84.3 Å². The van der Waals surface area contributed by atoms with Crippen molar-refractivity contribution in [2.24, 2.45) is 0 Å². The molecule has 0 radical (unpaired) electrons. The lowest BCUT2D eigenvalue weighted by Crippen LogP contribution is -2.27. The number of benzene rings is 1. The molecule has 13 heavy (non-hydrogen) atoms. The zero-order valence-electron chi connectivity index (χ0n) is 7.00. The van der Waals surface area contributed by atoms with Crippen molar-refractivity contribution in [1.29, 1.82) is 0 Å². The summed E-state index contributed by atoms with van der Waals surface area (Å²) in [5.74, 6) is -1.12. The number of carbonyl (C=O) groups is 2. The molecular formula is C9H8BrNO2. The maximum Gasteiger partial charge on any atom is 0.292 e. The number of hydrogen-bond donors (Lipinski definition) is 1. The molecular weight excluding hydrogens is 234 g/mol. The molecule has 1 aromatic rings. The Morgan fingerprint density at radius 1 is 1.38 bits per heavy atom. The number of hydrogen-bond acceptors (Lipinski definition) is 2. The van der Waals surface area contributed by atoms with Gasteiger partial charge in [0.1, 0.15) is 0 Å². The maximum atomic E-state index is 11.3. The molecule has 0 aromatic heterocycles. The van der Waals surface area contributed by atoms with E-state index in [1.54, 1.807) is 24.3 Å². The van der Waals surface area contributed by atoms with Crippen molar-refractivity contribution < 1.29 is 9.59 Å². The van der Waals surface area contributed by atoms with Crippen LogP contribution < -0.4 is 5.32 Å². The number of ketones is 1. The smallest absolute Gasteiger partial charge is 0.292 e. The zero-order valence-corrected chi connectivity index (χ0v) is 8.59. The highest BCUT2D eigenvalue weighted by molar-refractivity contribution is 9.10. The van der Waals surface area contributed by atoms with Crippen molar-refractivity contribution in [3.8, 4) is 0 Å². The molecule has 0 heterocycles. The van der Waals surface area contributed by atoms with Gasteiger partial charge in [-0.1, -0.05) is 28.1 Å². The minimum Gasteiger partial charge on any atom is -0.352 e. The van der Waals surface area contributed by atoms with E-state index >= 15 is 0 Å². The summed E-state index contributed by atoms with van der Waals surface area (Å²) in [6, 6.07) is 6.71. The molecule has 0 atom stereocenters. The van der Waals surface area contributed by atoms with Gasteiger partial charge in [0.25, 0.3) is 5.91 Å². The van der Waals surface area contributed by atoms with Gasteiger partial charge in [0.2, 0.25) is 5.78 Å². The van der Waals surface area contributed by atoms with E-state index in [0.717, 1.165) is 4.47 Å². The average Bonchev–Trinajstić information content (AvgIpc) is 2.15. The summed E-state index contributed by atoms with van der Waals surface area (Å²) >= 11 is 3.22. The van der Waals surface area contributed by atoms with Crippen LogP contribution in [0.25, 0.3) is 0 Å². The predicted octanol–water partition coefficient (Wildman–Crippen LogP) is 1.38. The summed E-state index contributed by atoms with van der Waals surface area (Å²) < 4.78 is 0.780. The number of likely N-dealkylation sites (N-methyl/N-ethyl adjacent to an activating group) is 1. The first-order chi connectivity index (χ1) is 6.15. The minimum atomic E-state index is -0.599. The Morgan fingerprint density at radius 2 is 2.08 bits per heavy atom. The van der Waals surface area contributed by atoms with E-state index in [9.17, 15) is 9.59 Å². The minimum absolute atomic E-state index is 0.383. The lowest BCUT2D eigenvalue weighted by atomic mass is 10.1. The standard InChI is InChI=1S/C9H8BrNO2/c1-11-9(13)8(12)6-3-2-4-7(10)5-6/h2-5H,1H3,(H,11,13). The summed E-state index contributed by atoms with van der Waals surface area (Å²) in [5.41, 5.74) is 0.383. The van der Waals surface area contributed by atoms with E-state index in [4.69, 9.17) is 0 Å². The fourth-order valence-corrected chi connectivity index (χ4v) is 1.27. The SMILES string of the molecule is CNC(=O)C(=O)c1cccc(Br)c1. The molecule has 1 aromatic carbocycles. The zero-order chi connectivity index (χ0) is 9.84. The Kier molecular flexibility index (Phi) is 3.19. The first kappa shape index (κ1) is 9.92. The van der Waals surface area contributed by atoms with Gasteiger partial charge in [0.05, 0.1) is 0 Å². The van der Waals surface area contributed by atoms with Crippen molar-refractivity contribution in [1.82, 2.24) is 5.32 Å². The molecule has 0 saturated heterocycles. The molecule has 0 spiro atoms. The number of Topliss-reactive ketones (excluding diaryl/α,β-unsaturated/α-hetero) is 1. The molecule has 1 N–H and O–H groups in total. The second-order valence-corrected chi connectivity index (χ2v) is 3.33. The van der Waals surface area contributed by atoms with Crippen molar-refractivity contribution in [3.63, 3.8) is 0 Å². The predicted molar refractivity (Wildman–Crippen MR) is 52.5 cm³/mol. The molecule has 0 fully saturated rings. The normalized spacial score (nSPS) is 9.38. The van der Waals surface area contributed by atoms with Gasteiger partial charge in [0.15, 0.2) is 0 Å². The summed E-state index contributed by atoms with van der Waals surface area (Å²) in [7, 11) is 1.43. The largest absolute Gasteiger partial charge is 0.352 e. The first-order valence-electron chi connectivity index (χ1n) is 3.67. The molecule has 1 rings (SSSR count). The molecule has 1 amide bonds. The van der Waals surface area contributed by atoms with Crippen molar-refractivity contribution in [2.75, 3.05) is 7.05 Å². The molecule has 3 nitrogen and oxygen atoms in total. The number of amides is 1. The Morgan fingerprint density at radius 3 is 2.62 bits per heavy atom. The number of nitrogens with one attached hydrogen (secondary N) is 1. The molecule has 0 aliphatic rings. The summed E-state index contributed by atoms with van der Waals surface area (Å²) in [6.45, 7) is 0. The Bertz CT molecular complexity index is 349. The summed E-state index contributed by atoms with van der Waals surface area (Å²) in [4.78, 5) is 22.2. The van der Waals surface area contributed by atoms with Crippen LogP contribution in [0.3, 0.4) is 0 Å². The quantitative estimate of drug-likeness (QED) is 0.629. The van der Waals surface area contributed by atoms with E-state index in [1.165, 1.54) is 7.05 Å². The van der Waals surface area contributed by atoms with Crippen molar-refractivity contribution in [3.05, 3.63) is 34.3 Å². The monoisotopic (exact) mass is 241 g/mol. The van der Waals surface area contributed by atoms with Crippen LogP contribution in [0.5, 0.6) is 0 Å². The molecule has 4 heteroatoms. The van der Waals surface area contributed by atoms with Gasteiger partial charge in [-0.15, -0.1) is 0 Å². The van der Waals surface area contributed by atoms with Gasteiger partial charge < -0.3 is 5.32 Å². The van der Waals surface area contributed by atoms with Crippen LogP contribution >= 0.6 is 15.9 Å². The second-order valence-electron chi connectivity index (χ2n) is 2.42. The van der Waals surface area contributed by atoms with Crippen LogP contribution in [-0.2, 0) is 4.79 Å². The fraction of sp³-hybridized carbons (Fsp3) is 0.111. The van der Waals surface area contributed by atoms with Gasteiger partial charge in [-0.3, -0.25) is 9.59 Å². The van der Waals surface area contributed by atoms with Crippen LogP contribution in [0.4, 0.5) is 0 Å². The molecule has 0 saturated carbocycles. The molecule has 68 valence electrons. The van der Waals surface area contributed by atoms with E-state index in [1.807, 2.05) is 0 Å². The van der Waals surface area contributed by atoms with Crippen LogP contribution in [0.2, 0.25) is 0 Å². The molecule has 0 aliphatic heterocycles. The highest BCUT2D eigenvalue weighted by atomic mass is 79.9. The third-order valence-corrected chi connectivity index (χ3v) is 2.01. The first-order valence-corrected chi connectivity index (χ1v) is 4.46. The van der Waals surface area contributed by atoms with Gasteiger partial charge in [-0.25, -0.2) is 0 Å². The van der Waals surface area contributed by atoms with E-state index in [2.05, 4.69) is 21.2 Å². The lowest BCUT2D eigenvalue weighted by molar-refractivity contribution is -0.116. The van der Waals surface area contributed by atoms with Gasteiger partial charge in [-0.2, -0.15) is 0 Å². The van der Waals surface area contributed by atoms with E-state index in [-0.39, 0.29) is 0 Å². The van der Waals surface area contributed by atoms with Gasteiger partial charge >= 0.3 is 0 Å². The fourth-order valence-electron chi connectivity index (χ4n) is 0.874. The van der Waals surface area contributed by atoms with Crippen LogP contribution in [0.1, 0.15) is 10.4 Å². The number of rotatable bonds is 2. The molecule has 0 aliphatic carbocycles. The number of halogens is 1. The molecule has 0 unspecified atom stereocenters. The van der Waals surface area contributed by atoms with Crippen molar-refractivity contribution in [2.45, 2.75) is 0 Å². The van der Waals surface area contributed by atoms with Crippen LogP contribution in [-0.4, -0.2) is 18.7 Å². The van der Waals surface area contributed by atoms with Crippen LogP contribution in [0.15, 0.2) is 28.7 Å². The Balaban J connectivity index is 2.95. The third-order valence-electron chi connectivity index (χ3n) is 1.52. The van der Waals surface area contributed by atoms with Crippen LogP contribution in [0, 0.1) is 0 Å². The van der Waals surface area contributed by atoms with Crippen molar-refractivity contribution >= 4 is 27.6 Å².